The van der Waals surface area contributed by atoms with Gasteiger partial charge in [-0.3, -0.25) is 4.79 Å². The highest BCUT2D eigenvalue weighted by atomic mass is 32.1. The number of carbonyl (C=O) groups is 2. The van der Waals surface area contributed by atoms with Crippen molar-refractivity contribution in [2.45, 2.75) is 27.3 Å². The van der Waals surface area contributed by atoms with Crippen LogP contribution in [0.4, 0.5) is 0 Å². The van der Waals surface area contributed by atoms with Crippen LogP contribution < -0.4 is 0 Å². The number of rotatable bonds is 8. The highest BCUT2D eigenvalue weighted by Gasteiger charge is 2.22. The summed E-state index contributed by atoms with van der Waals surface area (Å²) >= 11 is 1.52. The molecular weight excluding hydrogens is 372 g/mol. The molecule has 0 aromatic carbocycles. The van der Waals surface area contributed by atoms with Gasteiger partial charge in [-0.05, 0) is 36.6 Å². The summed E-state index contributed by atoms with van der Waals surface area (Å²) in [5, 5.41) is 1.93. The number of allylic oxidation sites excluding steroid dienone is 5. The van der Waals surface area contributed by atoms with E-state index in [0.29, 0.717) is 17.9 Å². The van der Waals surface area contributed by atoms with Gasteiger partial charge < -0.3 is 14.2 Å². The predicted octanol–water partition coefficient (Wildman–Crippen LogP) is 5.18. The van der Waals surface area contributed by atoms with Crippen molar-refractivity contribution < 1.29 is 14.3 Å². The number of esters is 1. The number of thiophene rings is 1. The Morgan fingerprint density at radius 1 is 1.29 bits per heavy atom. The first-order chi connectivity index (χ1) is 13.6. The molecule has 28 heavy (non-hydrogen) atoms. The van der Waals surface area contributed by atoms with E-state index in [2.05, 4.69) is 13.2 Å². The summed E-state index contributed by atoms with van der Waals surface area (Å²) in [4.78, 5) is 26.7. The largest absolute Gasteiger partial charge is 0.464 e. The van der Waals surface area contributed by atoms with Gasteiger partial charge >= 0.3 is 5.97 Å². The monoisotopic (exact) mass is 400 g/mol. The first-order valence-corrected chi connectivity index (χ1v) is 10.0. The van der Waals surface area contributed by atoms with Gasteiger partial charge in [-0.2, -0.15) is 0 Å². The first kappa shape index (κ1) is 23.2. The van der Waals surface area contributed by atoms with Crippen LogP contribution in [0.2, 0.25) is 0 Å². The third kappa shape index (κ3) is 5.33. The Balaban J connectivity index is 0.00000190. The minimum Gasteiger partial charge on any atom is -0.464 e. The molecule has 2 aromatic heterocycles. The Morgan fingerprint density at radius 3 is 2.57 bits per heavy atom. The third-order valence-electron chi connectivity index (χ3n) is 3.83. The van der Waals surface area contributed by atoms with Crippen LogP contribution >= 0.6 is 11.3 Å². The zero-order valence-electron chi connectivity index (χ0n) is 17.0. The summed E-state index contributed by atoms with van der Waals surface area (Å²) in [6.45, 7) is 13.8. The van der Waals surface area contributed by atoms with Gasteiger partial charge in [0.1, 0.15) is 12.2 Å². The van der Waals surface area contributed by atoms with E-state index < -0.39 is 5.97 Å². The average Bonchev–Trinajstić information content (AvgIpc) is 3.30. The van der Waals surface area contributed by atoms with E-state index in [1.54, 1.807) is 45.9 Å². The van der Waals surface area contributed by atoms with Crippen molar-refractivity contribution in [3.05, 3.63) is 72.4 Å². The van der Waals surface area contributed by atoms with Gasteiger partial charge in [-0.15, -0.1) is 11.3 Å². The lowest BCUT2D eigenvalue weighted by molar-refractivity contribution is -0.129. The molecule has 0 spiro atoms. The lowest BCUT2D eigenvalue weighted by Crippen LogP contribution is -2.33. The number of ether oxygens (including phenoxy) is 1. The topological polar surface area (TPSA) is 51.5 Å². The number of aromatic nitrogens is 1. The molecule has 0 N–H and O–H groups in total. The standard InChI is InChI=1S/C20H22N2O3S.C2H6/c1-5-8-10-15(9-6-2)21(7-3)19(23)14-22-16-11-12-26-18(16)13-17(22)20(24)25-4;1-2/h5-6,8-13H,1-2,7,14H2,3-4H3;1-2H3/b10-8-,15-9+;. The Hall–Kier alpha value is -2.86. The molecule has 0 saturated carbocycles. The summed E-state index contributed by atoms with van der Waals surface area (Å²) < 4.78 is 7.50. The normalized spacial score (nSPS) is 11.1. The van der Waals surface area contributed by atoms with Gasteiger partial charge in [0.05, 0.1) is 17.3 Å². The molecular formula is C22H28N2O3S. The maximum Gasteiger partial charge on any atom is 0.354 e. The van der Waals surface area contributed by atoms with Crippen molar-refractivity contribution >= 4 is 33.4 Å². The second-order valence-electron chi connectivity index (χ2n) is 5.34. The molecule has 0 unspecified atom stereocenters. The second-order valence-corrected chi connectivity index (χ2v) is 6.29. The van der Waals surface area contributed by atoms with Crippen molar-refractivity contribution in [1.29, 1.82) is 0 Å². The molecule has 5 nitrogen and oxygen atoms in total. The van der Waals surface area contributed by atoms with E-state index in [1.165, 1.54) is 18.4 Å². The van der Waals surface area contributed by atoms with Gasteiger partial charge in [0, 0.05) is 12.2 Å². The van der Waals surface area contributed by atoms with Crippen LogP contribution in [0.25, 0.3) is 10.2 Å². The van der Waals surface area contributed by atoms with Gasteiger partial charge in [-0.1, -0.05) is 45.2 Å². The van der Waals surface area contributed by atoms with Crippen LogP contribution in [-0.4, -0.2) is 35.0 Å². The molecule has 0 aliphatic heterocycles. The molecule has 0 aliphatic carbocycles. The van der Waals surface area contributed by atoms with Crippen molar-refractivity contribution in [2.24, 2.45) is 0 Å². The lowest BCUT2D eigenvalue weighted by atomic mass is 10.2. The van der Waals surface area contributed by atoms with Crippen LogP contribution in [0.3, 0.4) is 0 Å². The van der Waals surface area contributed by atoms with Crippen LogP contribution in [0.15, 0.2) is 66.7 Å². The highest BCUT2D eigenvalue weighted by Crippen LogP contribution is 2.26. The average molecular weight is 401 g/mol. The summed E-state index contributed by atoms with van der Waals surface area (Å²) in [5.41, 5.74) is 1.92. The number of likely N-dealkylation sites (N-methyl/N-ethyl adjacent to an activating group) is 1. The maximum atomic E-state index is 13.0. The summed E-state index contributed by atoms with van der Waals surface area (Å²) in [7, 11) is 1.33. The summed E-state index contributed by atoms with van der Waals surface area (Å²) in [5.74, 6) is -0.596. The Kier molecular flexibility index (Phi) is 9.74. The highest BCUT2D eigenvalue weighted by molar-refractivity contribution is 7.17. The maximum absolute atomic E-state index is 13.0. The zero-order chi connectivity index (χ0) is 21.1. The van der Waals surface area contributed by atoms with Crippen molar-refractivity contribution in [2.75, 3.05) is 13.7 Å². The third-order valence-corrected chi connectivity index (χ3v) is 4.68. The fraction of sp³-hybridized carbons (Fsp3) is 0.273. The van der Waals surface area contributed by atoms with Crippen LogP contribution in [0.5, 0.6) is 0 Å². The fourth-order valence-corrected chi connectivity index (χ4v) is 3.49. The van der Waals surface area contributed by atoms with Crippen molar-refractivity contribution in [1.82, 2.24) is 9.47 Å². The van der Waals surface area contributed by atoms with Gasteiger partial charge in [0.15, 0.2) is 0 Å². The van der Waals surface area contributed by atoms with Gasteiger partial charge in [0.25, 0.3) is 0 Å². The summed E-state index contributed by atoms with van der Waals surface area (Å²) in [6.07, 6.45) is 8.60. The molecule has 0 aliphatic rings. The van der Waals surface area contributed by atoms with Gasteiger partial charge in [0.2, 0.25) is 5.91 Å². The molecule has 6 heteroatoms. The quantitative estimate of drug-likeness (QED) is 0.453. The van der Waals surface area contributed by atoms with E-state index in [0.717, 1.165) is 10.2 Å². The number of carbonyl (C=O) groups excluding carboxylic acids is 2. The van der Waals surface area contributed by atoms with Gasteiger partial charge in [-0.25, -0.2) is 4.79 Å². The molecule has 0 atom stereocenters. The van der Waals surface area contributed by atoms with Crippen LogP contribution in [-0.2, 0) is 16.1 Å². The Morgan fingerprint density at radius 2 is 2.00 bits per heavy atom. The van der Waals surface area contributed by atoms with E-state index in [4.69, 9.17) is 4.74 Å². The Labute approximate surface area is 170 Å². The van der Waals surface area contributed by atoms with E-state index in [1.807, 2.05) is 32.2 Å². The molecule has 0 saturated heterocycles. The molecule has 0 bridgehead atoms. The zero-order valence-corrected chi connectivity index (χ0v) is 17.8. The molecule has 0 fully saturated rings. The molecule has 1 amide bonds. The number of hydrogen-bond donors (Lipinski definition) is 0. The van der Waals surface area contributed by atoms with Crippen molar-refractivity contribution in [3.63, 3.8) is 0 Å². The Bertz CT molecular complexity index is 887. The number of methoxy groups -OCH3 is 1. The number of hydrogen-bond acceptors (Lipinski definition) is 4. The molecule has 2 heterocycles. The molecule has 0 radical (unpaired) electrons. The predicted molar refractivity (Wildman–Crippen MR) is 118 cm³/mol. The molecule has 2 rings (SSSR count). The van der Waals surface area contributed by atoms with Crippen LogP contribution in [0, 0.1) is 0 Å². The molecule has 2 aromatic rings. The number of amides is 1. The van der Waals surface area contributed by atoms with E-state index in [9.17, 15) is 9.59 Å². The lowest BCUT2D eigenvalue weighted by Gasteiger charge is -2.23. The number of nitrogens with zero attached hydrogens (tertiary/aromatic N) is 2. The smallest absolute Gasteiger partial charge is 0.354 e. The van der Waals surface area contributed by atoms with Crippen LogP contribution in [0.1, 0.15) is 31.3 Å². The van der Waals surface area contributed by atoms with E-state index >= 15 is 0 Å². The van der Waals surface area contributed by atoms with Crippen molar-refractivity contribution in [3.8, 4) is 0 Å². The SMILES string of the molecule is C=C/C=C\C(=C/C=C)N(CC)C(=O)Cn1c(C(=O)OC)cc2sccc21.CC. The first-order valence-electron chi connectivity index (χ1n) is 9.14. The molecule has 150 valence electrons. The minimum absolute atomic E-state index is 0.0366. The fourth-order valence-electron chi connectivity index (χ4n) is 2.67. The second kappa shape index (κ2) is 11.8. The number of fused-ring (bicyclic) bond motifs is 1. The minimum atomic E-state index is -0.461. The van der Waals surface area contributed by atoms with E-state index in [-0.39, 0.29) is 12.5 Å². The summed E-state index contributed by atoms with van der Waals surface area (Å²) in [6, 6.07) is 3.65.